The van der Waals surface area contributed by atoms with Gasteiger partial charge in [0.25, 0.3) is 0 Å². The van der Waals surface area contributed by atoms with Crippen LogP contribution in [0.5, 0.6) is 0 Å². The summed E-state index contributed by atoms with van der Waals surface area (Å²) >= 11 is 0. The molecular formula is C11H12F3N3O3. The summed E-state index contributed by atoms with van der Waals surface area (Å²) in [6.45, 7) is 0. The number of anilines is 1. The van der Waals surface area contributed by atoms with Gasteiger partial charge >= 0.3 is 18.1 Å². The van der Waals surface area contributed by atoms with Gasteiger partial charge in [-0.25, -0.2) is 4.79 Å². The number of carbonyl (C=O) groups excluding carboxylic acids is 1. The Hall–Kier alpha value is -2.06. The molecule has 1 aliphatic rings. The summed E-state index contributed by atoms with van der Waals surface area (Å²) in [6, 6.07) is -0.0374. The van der Waals surface area contributed by atoms with Gasteiger partial charge in [0.15, 0.2) is 5.82 Å². The third-order valence-corrected chi connectivity index (χ3v) is 3.15. The lowest BCUT2D eigenvalue weighted by Gasteiger charge is -2.09. The van der Waals surface area contributed by atoms with Crippen LogP contribution in [-0.4, -0.2) is 32.9 Å². The van der Waals surface area contributed by atoms with Crippen LogP contribution >= 0.6 is 0 Å². The molecule has 2 rings (SSSR count). The Morgan fingerprint density at radius 1 is 1.35 bits per heavy atom. The topological polar surface area (TPSA) is 84.2 Å². The SMILES string of the molecule is O=C(O)c1cn(C2CCCC2)nc1NC(=O)C(F)(F)F. The van der Waals surface area contributed by atoms with Crippen molar-refractivity contribution in [2.24, 2.45) is 0 Å². The van der Waals surface area contributed by atoms with Crippen molar-refractivity contribution < 1.29 is 27.9 Å². The lowest BCUT2D eigenvalue weighted by Crippen LogP contribution is -2.30. The Balaban J connectivity index is 2.26. The highest BCUT2D eigenvalue weighted by Gasteiger charge is 2.40. The minimum Gasteiger partial charge on any atom is -0.477 e. The molecule has 1 fully saturated rings. The second-order valence-electron chi connectivity index (χ2n) is 4.57. The molecule has 1 aromatic heterocycles. The molecule has 0 bridgehead atoms. The summed E-state index contributed by atoms with van der Waals surface area (Å²) < 4.78 is 37.9. The quantitative estimate of drug-likeness (QED) is 0.894. The maximum Gasteiger partial charge on any atom is 0.471 e. The van der Waals surface area contributed by atoms with Gasteiger partial charge in [-0.2, -0.15) is 18.3 Å². The number of aromatic carboxylic acids is 1. The molecule has 1 aromatic rings. The number of hydrogen-bond donors (Lipinski definition) is 2. The van der Waals surface area contributed by atoms with Crippen LogP contribution in [0.25, 0.3) is 0 Å². The van der Waals surface area contributed by atoms with Gasteiger partial charge in [-0.3, -0.25) is 9.48 Å². The van der Waals surface area contributed by atoms with Gasteiger partial charge < -0.3 is 10.4 Å². The lowest BCUT2D eigenvalue weighted by molar-refractivity contribution is -0.167. The van der Waals surface area contributed by atoms with E-state index in [1.807, 2.05) is 0 Å². The molecule has 2 N–H and O–H groups in total. The number of alkyl halides is 3. The maximum absolute atomic E-state index is 12.2. The molecule has 0 aliphatic heterocycles. The molecule has 20 heavy (non-hydrogen) atoms. The molecule has 1 saturated carbocycles. The molecule has 0 saturated heterocycles. The largest absolute Gasteiger partial charge is 0.477 e. The third-order valence-electron chi connectivity index (χ3n) is 3.15. The van der Waals surface area contributed by atoms with E-state index in [9.17, 15) is 22.8 Å². The number of rotatable bonds is 3. The smallest absolute Gasteiger partial charge is 0.471 e. The van der Waals surface area contributed by atoms with Crippen LogP contribution in [0.4, 0.5) is 19.0 Å². The van der Waals surface area contributed by atoms with E-state index in [4.69, 9.17) is 5.11 Å². The van der Waals surface area contributed by atoms with Gasteiger partial charge in [-0.05, 0) is 12.8 Å². The number of carboxylic acids is 1. The first kappa shape index (κ1) is 14.4. The van der Waals surface area contributed by atoms with Crippen molar-refractivity contribution in [3.05, 3.63) is 11.8 Å². The van der Waals surface area contributed by atoms with Crippen LogP contribution in [0, 0.1) is 0 Å². The maximum atomic E-state index is 12.2. The van der Waals surface area contributed by atoms with E-state index in [0.29, 0.717) is 0 Å². The van der Waals surface area contributed by atoms with Gasteiger partial charge in [0, 0.05) is 6.20 Å². The third kappa shape index (κ3) is 2.91. The van der Waals surface area contributed by atoms with Crippen LogP contribution in [-0.2, 0) is 4.79 Å². The number of aromatic nitrogens is 2. The van der Waals surface area contributed by atoms with E-state index in [1.54, 1.807) is 0 Å². The number of nitrogens with one attached hydrogen (secondary N) is 1. The molecule has 1 amide bonds. The van der Waals surface area contributed by atoms with Crippen molar-refractivity contribution in [1.29, 1.82) is 0 Å². The summed E-state index contributed by atoms with van der Waals surface area (Å²) in [5, 5.41) is 14.2. The van der Waals surface area contributed by atoms with Crippen molar-refractivity contribution in [2.75, 3.05) is 5.32 Å². The Bertz CT molecular complexity index is 533. The van der Waals surface area contributed by atoms with Gasteiger partial charge in [0.05, 0.1) is 6.04 Å². The fourth-order valence-corrected chi connectivity index (χ4v) is 2.17. The zero-order valence-corrected chi connectivity index (χ0v) is 10.3. The highest BCUT2D eigenvalue weighted by atomic mass is 19.4. The number of nitrogens with zero attached hydrogens (tertiary/aromatic N) is 2. The fraction of sp³-hybridized carbons (Fsp3) is 0.545. The second kappa shape index (κ2) is 5.14. The second-order valence-corrected chi connectivity index (χ2v) is 4.57. The van der Waals surface area contributed by atoms with E-state index < -0.39 is 29.4 Å². The lowest BCUT2D eigenvalue weighted by atomic mass is 10.2. The normalized spacial score (nSPS) is 16.4. The van der Waals surface area contributed by atoms with Crippen molar-refractivity contribution >= 4 is 17.7 Å². The minimum absolute atomic E-state index is 0.0374. The van der Waals surface area contributed by atoms with Crippen LogP contribution in [0.15, 0.2) is 6.20 Å². The molecule has 6 nitrogen and oxygen atoms in total. The van der Waals surface area contributed by atoms with E-state index in [-0.39, 0.29) is 6.04 Å². The monoisotopic (exact) mass is 291 g/mol. The molecule has 110 valence electrons. The summed E-state index contributed by atoms with van der Waals surface area (Å²) in [7, 11) is 0. The first-order valence-electron chi connectivity index (χ1n) is 5.99. The van der Waals surface area contributed by atoms with Crippen molar-refractivity contribution in [3.8, 4) is 0 Å². The summed E-state index contributed by atoms with van der Waals surface area (Å²) in [4.78, 5) is 21.9. The number of carboxylic acid groups (broad SMARTS) is 1. The Labute approximate surface area is 111 Å². The van der Waals surface area contributed by atoms with E-state index in [0.717, 1.165) is 31.9 Å². The van der Waals surface area contributed by atoms with Crippen molar-refractivity contribution in [2.45, 2.75) is 37.9 Å². The summed E-state index contributed by atoms with van der Waals surface area (Å²) in [5.74, 6) is -4.25. The first-order valence-corrected chi connectivity index (χ1v) is 5.99. The molecule has 0 atom stereocenters. The van der Waals surface area contributed by atoms with E-state index in [1.165, 1.54) is 10.00 Å². The van der Waals surface area contributed by atoms with Gasteiger partial charge in [-0.15, -0.1) is 0 Å². The number of halogens is 3. The molecule has 0 aromatic carbocycles. The van der Waals surface area contributed by atoms with Crippen LogP contribution in [0.1, 0.15) is 42.1 Å². The van der Waals surface area contributed by atoms with Gasteiger partial charge in [0.1, 0.15) is 5.56 Å². The molecule has 0 radical (unpaired) electrons. The number of amides is 1. The average Bonchev–Trinajstić information content (AvgIpc) is 2.94. The van der Waals surface area contributed by atoms with Crippen molar-refractivity contribution in [3.63, 3.8) is 0 Å². The number of hydrogen-bond acceptors (Lipinski definition) is 3. The molecule has 9 heteroatoms. The van der Waals surface area contributed by atoms with Gasteiger partial charge in [-0.1, -0.05) is 12.8 Å². The van der Waals surface area contributed by atoms with Crippen LogP contribution < -0.4 is 5.32 Å². The Morgan fingerprint density at radius 2 is 1.95 bits per heavy atom. The van der Waals surface area contributed by atoms with Gasteiger partial charge in [0.2, 0.25) is 0 Å². The van der Waals surface area contributed by atoms with E-state index in [2.05, 4.69) is 5.10 Å². The highest BCUT2D eigenvalue weighted by Crippen LogP contribution is 2.30. The van der Waals surface area contributed by atoms with Crippen molar-refractivity contribution in [1.82, 2.24) is 9.78 Å². The Morgan fingerprint density at radius 3 is 2.45 bits per heavy atom. The zero-order valence-electron chi connectivity index (χ0n) is 10.3. The highest BCUT2D eigenvalue weighted by molar-refractivity contribution is 6.00. The standard InChI is InChI=1S/C11H12F3N3O3/c12-11(13,14)10(20)15-8-7(9(18)19)5-17(16-8)6-3-1-2-4-6/h5-6H,1-4H2,(H,18,19)(H,15,16,20). The fourth-order valence-electron chi connectivity index (χ4n) is 2.17. The predicted molar refractivity (Wildman–Crippen MR) is 61.4 cm³/mol. The molecular weight excluding hydrogens is 279 g/mol. The van der Waals surface area contributed by atoms with E-state index >= 15 is 0 Å². The minimum atomic E-state index is -5.09. The average molecular weight is 291 g/mol. The summed E-state index contributed by atoms with van der Waals surface area (Å²) in [5.41, 5.74) is -0.450. The molecule has 1 aliphatic carbocycles. The number of carbonyl (C=O) groups is 2. The first-order chi connectivity index (χ1) is 9.29. The summed E-state index contributed by atoms with van der Waals surface area (Å²) in [6.07, 6.45) is -0.452. The van der Waals surface area contributed by atoms with Crippen LogP contribution in [0.3, 0.4) is 0 Å². The van der Waals surface area contributed by atoms with Crippen LogP contribution in [0.2, 0.25) is 0 Å². The molecule has 0 unspecified atom stereocenters. The zero-order chi connectivity index (χ0) is 14.9. The Kier molecular flexibility index (Phi) is 3.69. The molecule has 1 heterocycles. The predicted octanol–water partition coefficient (Wildman–Crippen LogP) is 2.20. The molecule has 0 spiro atoms.